The molecule has 0 unspecified atom stereocenters. The monoisotopic (exact) mass is 602 g/mol. The summed E-state index contributed by atoms with van der Waals surface area (Å²) < 4.78 is 38.2. The Balaban J connectivity index is 1.56. The number of para-hydroxylation sites is 1. The van der Waals surface area contributed by atoms with E-state index in [1.54, 1.807) is 56.3 Å². The summed E-state index contributed by atoms with van der Waals surface area (Å²) in [5.74, 6) is 0.669. The molecular weight excluding hydrogens is 571 g/mol. The number of halogens is 1. The maximum atomic E-state index is 14.0. The van der Waals surface area contributed by atoms with Crippen LogP contribution in [0.4, 0.5) is 4.39 Å². The number of hydrogen-bond acceptors (Lipinski definition) is 8. The van der Waals surface area contributed by atoms with E-state index in [1.807, 2.05) is 25.1 Å². The fourth-order valence-corrected chi connectivity index (χ4v) is 5.95. The van der Waals surface area contributed by atoms with Gasteiger partial charge in [0.1, 0.15) is 24.2 Å². The molecular formula is C33H31FN2O6S. The van der Waals surface area contributed by atoms with E-state index in [2.05, 4.69) is 4.99 Å². The number of fused-ring (bicyclic) bond motifs is 1. The molecule has 8 nitrogen and oxygen atoms in total. The van der Waals surface area contributed by atoms with Crippen LogP contribution in [0, 0.1) is 5.82 Å². The molecule has 0 radical (unpaired) electrons. The Hall–Kier alpha value is -4.70. The number of methoxy groups -OCH3 is 1. The third-order valence-electron chi connectivity index (χ3n) is 6.80. The normalized spacial score (nSPS) is 14.6. The first-order chi connectivity index (χ1) is 20.8. The lowest BCUT2D eigenvalue weighted by molar-refractivity contribution is -0.139. The van der Waals surface area contributed by atoms with E-state index in [4.69, 9.17) is 18.9 Å². The average Bonchev–Trinajstić information content (AvgIpc) is 3.30. The molecule has 2 heterocycles. The van der Waals surface area contributed by atoms with E-state index in [0.29, 0.717) is 44.4 Å². The highest BCUT2D eigenvalue weighted by molar-refractivity contribution is 7.07. The van der Waals surface area contributed by atoms with Crippen molar-refractivity contribution in [3.05, 3.63) is 120 Å². The number of esters is 1. The Morgan fingerprint density at radius 2 is 1.81 bits per heavy atom. The molecule has 1 aromatic heterocycles. The zero-order valence-electron chi connectivity index (χ0n) is 24.3. The molecule has 5 rings (SSSR count). The summed E-state index contributed by atoms with van der Waals surface area (Å²) in [7, 11) is 1.54. The molecule has 0 N–H and O–H groups in total. The molecule has 43 heavy (non-hydrogen) atoms. The van der Waals surface area contributed by atoms with Crippen LogP contribution in [0.15, 0.2) is 87.8 Å². The SMILES string of the molecule is CCOC(=O)C1=C(C)N=c2s/c(=C/c3ccc(OCc4cccc(F)c4)cc3)c(=O)n2[C@H]1c1cccc(OC)c1OCC. The highest BCUT2D eigenvalue weighted by Crippen LogP contribution is 2.40. The van der Waals surface area contributed by atoms with Crippen LogP contribution in [0.2, 0.25) is 0 Å². The lowest BCUT2D eigenvalue weighted by Crippen LogP contribution is -2.40. The van der Waals surface area contributed by atoms with Gasteiger partial charge in [0.05, 0.1) is 36.1 Å². The molecule has 0 saturated carbocycles. The van der Waals surface area contributed by atoms with Gasteiger partial charge in [0.15, 0.2) is 16.3 Å². The van der Waals surface area contributed by atoms with Gasteiger partial charge in [-0.2, -0.15) is 0 Å². The maximum absolute atomic E-state index is 14.0. The first-order valence-corrected chi connectivity index (χ1v) is 14.6. The smallest absolute Gasteiger partial charge is 0.338 e. The van der Waals surface area contributed by atoms with Gasteiger partial charge in [-0.25, -0.2) is 14.2 Å². The van der Waals surface area contributed by atoms with Gasteiger partial charge >= 0.3 is 5.97 Å². The summed E-state index contributed by atoms with van der Waals surface area (Å²) in [4.78, 5) is 32.4. The first-order valence-electron chi connectivity index (χ1n) is 13.8. The van der Waals surface area contributed by atoms with Crippen molar-refractivity contribution in [2.75, 3.05) is 20.3 Å². The summed E-state index contributed by atoms with van der Waals surface area (Å²) in [6.07, 6.45) is 1.77. The third kappa shape index (κ3) is 6.24. The van der Waals surface area contributed by atoms with Gasteiger partial charge in [-0.1, -0.05) is 47.7 Å². The van der Waals surface area contributed by atoms with E-state index < -0.39 is 12.0 Å². The predicted octanol–water partition coefficient (Wildman–Crippen LogP) is 4.92. The molecule has 0 spiro atoms. The number of benzene rings is 3. The molecule has 0 amide bonds. The van der Waals surface area contributed by atoms with E-state index in [9.17, 15) is 14.0 Å². The number of ether oxygens (including phenoxy) is 4. The van der Waals surface area contributed by atoms with Crippen molar-refractivity contribution >= 4 is 23.4 Å². The third-order valence-corrected chi connectivity index (χ3v) is 7.78. The van der Waals surface area contributed by atoms with Gasteiger partial charge in [0, 0.05) is 5.56 Å². The van der Waals surface area contributed by atoms with Crippen LogP contribution >= 0.6 is 11.3 Å². The van der Waals surface area contributed by atoms with Gasteiger partial charge in [-0.05, 0) is 68.3 Å². The summed E-state index contributed by atoms with van der Waals surface area (Å²) in [6, 6.07) is 18.0. The Morgan fingerprint density at radius 1 is 1.05 bits per heavy atom. The van der Waals surface area contributed by atoms with Crippen molar-refractivity contribution in [3.8, 4) is 17.2 Å². The highest BCUT2D eigenvalue weighted by Gasteiger charge is 2.36. The fourth-order valence-electron chi connectivity index (χ4n) is 4.90. The van der Waals surface area contributed by atoms with Gasteiger partial charge in [-0.3, -0.25) is 9.36 Å². The largest absolute Gasteiger partial charge is 0.493 e. The maximum Gasteiger partial charge on any atom is 0.338 e. The number of thiazole rings is 1. The number of carbonyl (C=O) groups is 1. The molecule has 0 bridgehead atoms. The number of allylic oxidation sites excluding steroid dienone is 1. The molecule has 0 fully saturated rings. The van der Waals surface area contributed by atoms with Crippen LogP contribution in [0.3, 0.4) is 0 Å². The lowest BCUT2D eigenvalue weighted by atomic mass is 9.94. The van der Waals surface area contributed by atoms with Gasteiger partial charge in [0.2, 0.25) is 0 Å². The molecule has 1 aliphatic rings. The Bertz CT molecular complexity index is 1860. The average molecular weight is 603 g/mol. The fraction of sp³-hybridized carbons (Fsp3) is 0.242. The van der Waals surface area contributed by atoms with Crippen LogP contribution < -0.4 is 29.1 Å². The number of rotatable bonds is 10. The molecule has 1 aliphatic heterocycles. The van der Waals surface area contributed by atoms with Crippen molar-refractivity contribution in [1.82, 2.24) is 4.57 Å². The second kappa shape index (κ2) is 13.1. The van der Waals surface area contributed by atoms with E-state index >= 15 is 0 Å². The van der Waals surface area contributed by atoms with Crippen LogP contribution in [-0.2, 0) is 16.1 Å². The lowest BCUT2D eigenvalue weighted by Gasteiger charge is -2.26. The summed E-state index contributed by atoms with van der Waals surface area (Å²) >= 11 is 1.23. The van der Waals surface area contributed by atoms with Crippen LogP contribution in [0.5, 0.6) is 17.2 Å². The standard InChI is InChI=1S/C33H31FN2O6S/c1-5-40-30-25(11-8-12-26(30)39-4)29-28(32(38)41-6-2)20(3)35-33-36(29)31(37)27(43-33)18-21-13-15-24(16-14-21)42-19-22-9-7-10-23(34)17-22/h7-18,29H,5-6,19H2,1-4H3/b27-18+/t29-/m0/s1. The Morgan fingerprint density at radius 3 is 2.51 bits per heavy atom. The zero-order valence-corrected chi connectivity index (χ0v) is 25.1. The summed E-state index contributed by atoms with van der Waals surface area (Å²) in [5.41, 5.74) is 2.50. The van der Waals surface area contributed by atoms with Crippen LogP contribution in [-0.4, -0.2) is 30.9 Å². The number of nitrogens with zero attached hydrogens (tertiary/aromatic N) is 2. The zero-order chi connectivity index (χ0) is 30.5. The molecule has 0 saturated heterocycles. The van der Waals surface area contributed by atoms with E-state index in [0.717, 1.165) is 11.1 Å². The van der Waals surface area contributed by atoms with Crippen molar-refractivity contribution in [2.24, 2.45) is 4.99 Å². The van der Waals surface area contributed by atoms with Gasteiger partial charge in [0.25, 0.3) is 5.56 Å². The quantitative estimate of drug-likeness (QED) is 0.240. The number of hydrogen-bond donors (Lipinski definition) is 0. The first kappa shape index (κ1) is 29.8. The molecule has 10 heteroatoms. The summed E-state index contributed by atoms with van der Waals surface area (Å²) in [5, 5.41) is 0. The Labute approximate surface area is 252 Å². The van der Waals surface area contributed by atoms with Gasteiger partial charge in [-0.15, -0.1) is 0 Å². The minimum absolute atomic E-state index is 0.172. The second-order valence-corrected chi connectivity index (χ2v) is 10.6. The molecule has 222 valence electrons. The molecule has 3 aromatic carbocycles. The molecule has 4 aromatic rings. The van der Waals surface area contributed by atoms with Gasteiger partial charge < -0.3 is 18.9 Å². The summed E-state index contributed by atoms with van der Waals surface area (Å²) in [6.45, 7) is 6.07. The minimum Gasteiger partial charge on any atom is -0.493 e. The van der Waals surface area contributed by atoms with E-state index in [-0.39, 0.29) is 30.2 Å². The van der Waals surface area contributed by atoms with Crippen molar-refractivity contribution < 1.29 is 28.1 Å². The van der Waals surface area contributed by atoms with Crippen molar-refractivity contribution in [1.29, 1.82) is 0 Å². The van der Waals surface area contributed by atoms with Crippen LogP contribution in [0.1, 0.15) is 43.5 Å². The van der Waals surface area contributed by atoms with E-state index in [1.165, 1.54) is 35.1 Å². The van der Waals surface area contributed by atoms with Crippen molar-refractivity contribution in [2.45, 2.75) is 33.4 Å². The topological polar surface area (TPSA) is 88.4 Å². The molecule has 1 atom stereocenters. The Kier molecular flexibility index (Phi) is 9.06. The molecule has 0 aliphatic carbocycles. The minimum atomic E-state index is -0.840. The van der Waals surface area contributed by atoms with Crippen molar-refractivity contribution in [3.63, 3.8) is 0 Å². The highest BCUT2D eigenvalue weighted by atomic mass is 32.1. The second-order valence-electron chi connectivity index (χ2n) is 9.60. The number of aromatic nitrogens is 1. The van der Waals surface area contributed by atoms with Crippen LogP contribution in [0.25, 0.3) is 6.08 Å². The predicted molar refractivity (Wildman–Crippen MR) is 162 cm³/mol. The number of carbonyl (C=O) groups excluding carboxylic acids is 1.